The first kappa shape index (κ1) is 9.86. The molecule has 0 aliphatic heterocycles. The van der Waals surface area contributed by atoms with Crippen LogP contribution in [0.15, 0.2) is 18.2 Å². The van der Waals surface area contributed by atoms with Gasteiger partial charge in [0.1, 0.15) is 5.75 Å². The Morgan fingerprint density at radius 2 is 2.15 bits per heavy atom. The summed E-state index contributed by atoms with van der Waals surface area (Å²) in [5.41, 5.74) is 0.657. The van der Waals surface area contributed by atoms with Crippen molar-refractivity contribution >= 4 is 17.6 Å². The molecule has 0 aliphatic rings. The van der Waals surface area contributed by atoms with Crippen molar-refractivity contribution in [3.8, 4) is 5.75 Å². The Bertz CT molecular complexity index is 323. The predicted octanol–water partition coefficient (Wildman–Crippen LogP) is 2.06. The number of halogens is 1. The molecular weight excluding hydrogens is 192 g/mol. The second kappa shape index (κ2) is 4.14. The topological polar surface area (TPSA) is 57.5 Å². The third-order valence-corrected chi connectivity index (χ3v) is 2.10. The van der Waals surface area contributed by atoms with Crippen LogP contribution >= 0.6 is 11.6 Å². The fraction of sp³-hybridized carbons (Fsp3) is 0.222. The van der Waals surface area contributed by atoms with E-state index in [9.17, 15) is 9.90 Å². The third-order valence-electron chi connectivity index (χ3n) is 1.67. The number of rotatable bonds is 3. The zero-order valence-corrected chi connectivity index (χ0v) is 7.58. The van der Waals surface area contributed by atoms with Crippen LogP contribution in [0, 0.1) is 0 Å². The lowest BCUT2D eigenvalue weighted by Crippen LogP contribution is -1.97. The molecule has 1 rings (SSSR count). The Kier molecular flexibility index (Phi) is 3.14. The van der Waals surface area contributed by atoms with Gasteiger partial charge in [-0.15, -0.1) is 0 Å². The van der Waals surface area contributed by atoms with E-state index in [1.165, 1.54) is 6.07 Å². The number of benzene rings is 1. The average molecular weight is 201 g/mol. The Labute approximate surface area is 80.6 Å². The van der Waals surface area contributed by atoms with Gasteiger partial charge in [0.05, 0.1) is 5.02 Å². The van der Waals surface area contributed by atoms with Crippen LogP contribution in [0.1, 0.15) is 12.0 Å². The van der Waals surface area contributed by atoms with Crippen LogP contribution in [0.4, 0.5) is 0 Å². The van der Waals surface area contributed by atoms with Crippen molar-refractivity contribution in [3.63, 3.8) is 0 Å². The molecule has 3 nitrogen and oxygen atoms in total. The van der Waals surface area contributed by atoms with Crippen LogP contribution < -0.4 is 0 Å². The number of carboxylic acids is 1. The maximum absolute atomic E-state index is 10.3. The lowest BCUT2D eigenvalue weighted by atomic mass is 10.1. The number of aliphatic carboxylic acids is 1. The number of phenolic OH excluding ortho intramolecular Hbond substituents is 1. The van der Waals surface area contributed by atoms with Crippen LogP contribution in [0.3, 0.4) is 0 Å². The van der Waals surface area contributed by atoms with Crippen molar-refractivity contribution in [2.45, 2.75) is 12.8 Å². The maximum atomic E-state index is 10.3. The van der Waals surface area contributed by atoms with E-state index in [1.807, 2.05) is 0 Å². The van der Waals surface area contributed by atoms with Gasteiger partial charge in [-0.25, -0.2) is 0 Å². The van der Waals surface area contributed by atoms with E-state index in [0.29, 0.717) is 12.0 Å². The first-order valence-corrected chi connectivity index (χ1v) is 4.17. The van der Waals surface area contributed by atoms with Gasteiger partial charge in [-0.05, 0) is 18.1 Å². The molecule has 4 heteroatoms. The van der Waals surface area contributed by atoms with Gasteiger partial charge in [0.15, 0.2) is 0 Å². The van der Waals surface area contributed by atoms with Crippen molar-refractivity contribution < 1.29 is 15.0 Å². The summed E-state index contributed by atoms with van der Waals surface area (Å²) >= 11 is 5.73. The van der Waals surface area contributed by atoms with E-state index in [4.69, 9.17) is 16.7 Å². The van der Waals surface area contributed by atoms with Gasteiger partial charge in [0.25, 0.3) is 0 Å². The molecule has 0 saturated heterocycles. The van der Waals surface area contributed by atoms with Crippen molar-refractivity contribution in [3.05, 3.63) is 28.8 Å². The molecule has 0 aliphatic carbocycles. The summed E-state index contributed by atoms with van der Waals surface area (Å²) in [7, 11) is 0. The molecule has 0 aromatic heterocycles. The van der Waals surface area contributed by atoms with Gasteiger partial charge < -0.3 is 10.2 Å². The van der Waals surface area contributed by atoms with Crippen LogP contribution in [-0.2, 0) is 11.2 Å². The molecule has 0 amide bonds. The maximum Gasteiger partial charge on any atom is 0.303 e. The fourth-order valence-electron chi connectivity index (χ4n) is 1.00. The predicted molar refractivity (Wildman–Crippen MR) is 49.1 cm³/mol. The molecule has 0 saturated carbocycles. The normalized spacial score (nSPS) is 9.92. The molecule has 13 heavy (non-hydrogen) atoms. The lowest BCUT2D eigenvalue weighted by Gasteiger charge is -2.03. The molecule has 0 spiro atoms. The van der Waals surface area contributed by atoms with Gasteiger partial charge in [-0.3, -0.25) is 4.79 Å². The monoisotopic (exact) mass is 200 g/mol. The summed E-state index contributed by atoms with van der Waals surface area (Å²) in [6.07, 6.45) is 0.353. The first-order valence-electron chi connectivity index (χ1n) is 3.79. The SMILES string of the molecule is O=C(O)CCc1cccc(O)c1Cl. The standard InChI is InChI=1S/C9H9ClO3/c10-9-6(4-5-8(12)13)2-1-3-7(9)11/h1-3,11H,4-5H2,(H,12,13). The average Bonchev–Trinajstić information content (AvgIpc) is 2.07. The highest BCUT2D eigenvalue weighted by molar-refractivity contribution is 6.32. The molecule has 0 fully saturated rings. The van der Waals surface area contributed by atoms with Gasteiger partial charge in [-0.2, -0.15) is 0 Å². The van der Waals surface area contributed by atoms with Crippen LogP contribution in [0.2, 0.25) is 5.02 Å². The highest BCUT2D eigenvalue weighted by Crippen LogP contribution is 2.27. The van der Waals surface area contributed by atoms with E-state index in [-0.39, 0.29) is 17.2 Å². The van der Waals surface area contributed by atoms with Crippen molar-refractivity contribution in [2.24, 2.45) is 0 Å². The van der Waals surface area contributed by atoms with E-state index >= 15 is 0 Å². The summed E-state index contributed by atoms with van der Waals surface area (Å²) in [5.74, 6) is -0.885. The van der Waals surface area contributed by atoms with Crippen LogP contribution in [-0.4, -0.2) is 16.2 Å². The number of aromatic hydroxyl groups is 1. The zero-order chi connectivity index (χ0) is 9.84. The van der Waals surface area contributed by atoms with E-state index in [0.717, 1.165) is 0 Å². The fourth-order valence-corrected chi connectivity index (χ4v) is 1.22. The summed E-state index contributed by atoms with van der Waals surface area (Å²) in [4.78, 5) is 10.3. The minimum atomic E-state index is -0.876. The third kappa shape index (κ3) is 2.63. The highest BCUT2D eigenvalue weighted by Gasteiger charge is 2.06. The minimum Gasteiger partial charge on any atom is -0.506 e. The number of phenols is 1. The molecule has 1 aromatic carbocycles. The Morgan fingerprint density at radius 3 is 2.77 bits per heavy atom. The van der Waals surface area contributed by atoms with Gasteiger partial charge in [0, 0.05) is 6.42 Å². The molecule has 2 N–H and O–H groups in total. The second-order valence-electron chi connectivity index (χ2n) is 2.64. The minimum absolute atomic E-state index is 0.00967. The molecule has 0 bridgehead atoms. The summed E-state index contributed by atoms with van der Waals surface area (Å²) in [6, 6.07) is 4.80. The Hall–Kier alpha value is -1.22. The van der Waals surface area contributed by atoms with E-state index in [2.05, 4.69) is 0 Å². The lowest BCUT2D eigenvalue weighted by molar-refractivity contribution is -0.136. The molecule has 0 atom stereocenters. The smallest absolute Gasteiger partial charge is 0.303 e. The van der Waals surface area contributed by atoms with Gasteiger partial charge in [0.2, 0.25) is 0 Å². The van der Waals surface area contributed by atoms with E-state index < -0.39 is 5.97 Å². The molecule has 0 radical (unpaired) electrons. The number of aryl methyl sites for hydroxylation is 1. The van der Waals surface area contributed by atoms with Gasteiger partial charge >= 0.3 is 5.97 Å². The summed E-state index contributed by atoms with van der Waals surface area (Å²) in [6.45, 7) is 0. The summed E-state index contributed by atoms with van der Waals surface area (Å²) < 4.78 is 0. The summed E-state index contributed by atoms with van der Waals surface area (Å²) in [5, 5.41) is 17.9. The number of hydrogen-bond acceptors (Lipinski definition) is 2. The second-order valence-corrected chi connectivity index (χ2v) is 3.02. The molecule has 0 heterocycles. The highest BCUT2D eigenvalue weighted by atomic mass is 35.5. The first-order chi connectivity index (χ1) is 6.11. The number of carboxylic acid groups (broad SMARTS) is 1. The largest absolute Gasteiger partial charge is 0.506 e. The molecule has 0 unspecified atom stereocenters. The number of hydrogen-bond donors (Lipinski definition) is 2. The van der Waals surface area contributed by atoms with Crippen molar-refractivity contribution in [2.75, 3.05) is 0 Å². The Balaban J connectivity index is 2.77. The van der Waals surface area contributed by atoms with Crippen LogP contribution in [0.25, 0.3) is 0 Å². The Morgan fingerprint density at radius 1 is 1.46 bits per heavy atom. The molecular formula is C9H9ClO3. The van der Waals surface area contributed by atoms with Gasteiger partial charge in [-0.1, -0.05) is 23.7 Å². The van der Waals surface area contributed by atoms with Crippen LogP contribution in [0.5, 0.6) is 5.75 Å². The van der Waals surface area contributed by atoms with Crippen molar-refractivity contribution in [1.29, 1.82) is 0 Å². The molecule has 1 aromatic rings. The quantitative estimate of drug-likeness (QED) is 0.785. The number of carbonyl (C=O) groups is 1. The van der Waals surface area contributed by atoms with Crippen molar-refractivity contribution in [1.82, 2.24) is 0 Å². The van der Waals surface area contributed by atoms with E-state index in [1.54, 1.807) is 12.1 Å². The molecule has 70 valence electrons. The zero-order valence-electron chi connectivity index (χ0n) is 6.83.